The molecule has 0 aliphatic heterocycles. The average molecular weight is 314 g/mol. The van der Waals surface area contributed by atoms with Gasteiger partial charge in [-0.3, -0.25) is 0 Å². The van der Waals surface area contributed by atoms with Crippen LogP contribution in [-0.4, -0.2) is 27.3 Å². The quantitative estimate of drug-likeness (QED) is 0.866. The van der Waals surface area contributed by atoms with E-state index in [1.165, 1.54) is 12.1 Å². The first-order valence-corrected chi connectivity index (χ1v) is 6.45. The van der Waals surface area contributed by atoms with Crippen molar-refractivity contribution in [3.63, 3.8) is 0 Å². The number of aromatic nitrogens is 1. The van der Waals surface area contributed by atoms with E-state index in [4.69, 9.17) is 16.3 Å². The molecule has 0 unspecified atom stereocenters. The van der Waals surface area contributed by atoms with Crippen LogP contribution in [0.2, 0.25) is 5.02 Å². The molecule has 112 valence electrons. The zero-order valence-corrected chi connectivity index (χ0v) is 12.4. The molecule has 1 heterocycles. The van der Waals surface area contributed by atoms with Crippen LogP contribution in [0.1, 0.15) is 31.3 Å². The molecule has 7 heteroatoms. The maximum atomic E-state index is 13.6. The zero-order chi connectivity index (χ0) is 15.9. The van der Waals surface area contributed by atoms with Gasteiger partial charge in [0.2, 0.25) is 0 Å². The SMILES string of the molecule is CC(C)(C)OC(=O)n1c(C(=O)O)cc2ccc(F)c(Cl)c21. The molecule has 5 nitrogen and oxygen atoms in total. The van der Waals surface area contributed by atoms with Crippen LogP contribution in [0.5, 0.6) is 0 Å². The lowest BCUT2D eigenvalue weighted by Crippen LogP contribution is -2.28. The Balaban J connectivity index is 2.75. The van der Waals surface area contributed by atoms with E-state index in [1.54, 1.807) is 20.8 Å². The summed E-state index contributed by atoms with van der Waals surface area (Å²) in [5, 5.41) is 9.22. The van der Waals surface area contributed by atoms with Crippen LogP contribution >= 0.6 is 11.6 Å². The number of aromatic carboxylic acids is 1. The van der Waals surface area contributed by atoms with Crippen LogP contribution in [0.4, 0.5) is 9.18 Å². The lowest BCUT2D eigenvalue weighted by atomic mass is 10.2. The van der Waals surface area contributed by atoms with Gasteiger partial charge in [-0.05, 0) is 39.0 Å². The molecular formula is C14H13ClFNO4. The van der Waals surface area contributed by atoms with Crippen molar-refractivity contribution in [3.05, 3.63) is 34.7 Å². The van der Waals surface area contributed by atoms with Crippen molar-refractivity contribution < 1.29 is 23.8 Å². The second-order valence-corrected chi connectivity index (χ2v) is 5.83. The standard InChI is InChI=1S/C14H13ClFNO4/c1-14(2,3)21-13(20)17-9(12(18)19)6-7-4-5-8(16)10(15)11(7)17/h4-6H,1-3H3,(H,18,19). The molecule has 0 bridgehead atoms. The number of ether oxygens (including phenoxy) is 1. The molecule has 0 saturated heterocycles. The number of benzene rings is 1. The number of fused-ring (bicyclic) bond motifs is 1. The predicted molar refractivity (Wildman–Crippen MR) is 75.5 cm³/mol. The van der Waals surface area contributed by atoms with E-state index in [0.717, 1.165) is 10.6 Å². The minimum absolute atomic E-state index is 0.0247. The summed E-state index contributed by atoms with van der Waals surface area (Å²) in [5.74, 6) is -2.09. The fourth-order valence-corrected chi connectivity index (χ4v) is 2.14. The highest BCUT2D eigenvalue weighted by Crippen LogP contribution is 2.30. The number of carbonyl (C=O) groups is 2. The summed E-state index contributed by atoms with van der Waals surface area (Å²) in [6.45, 7) is 4.91. The Bertz CT molecular complexity index is 745. The first kappa shape index (κ1) is 15.3. The number of carboxylic acids is 1. The lowest BCUT2D eigenvalue weighted by molar-refractivity contribution is 0.0513. The molecule has 0 fully saturated rings. The van der Waals surface area contributed by atoms with Gasteiger partial charge in [-0.25, -0.2) is 18.5 Å². The van der Waals surface area contributed by atoms with Crippen molar-refractivity contribution in [2.75, 3.05) is 0 Å². The van der Waals surface area contributed by atoms with Gasteiger partial charge in [0.1, 0.15) is 22.1 Å². The molecule has 0 aliphatic rings. The Morgan fingerprint density at radius 1 is 1.33 bits per heavy atom. The Labute approximate surface area is 124 Å². The fourth-order valence-electron chi connectivity index (χ4n) is 1.89. The Hall–Kier alpha value is -2.08. The van der Waals surface area contributed by atoms with Gasteiger partial charge in [-0.15, -0.1) is 0 Å². The molecule has 0 atom stereocenters. The second-order valence-electron chi connectivity index (χ2n) is 5.45. The Morgan fingerprint density at radius 2 is 1.95 bits per heavy atom. The summed E-state index contributed by atoms with van der Waals surface area (Å²) >= 11 is 5.87. The van der Waals surface area contributed by atoms with Crippen LogP contribution in [0.15, 0.2) is 18.2 Å². The van der Waals surface area contributed by atoms with Gasteiger partial charge in [-0.2, -0.15) is 0 Å². The summed E-state index contributed by atoms with van der Waals surface area (Å²) in [7, 11) is 0. The van der Waals surface area contributed by atoms with Crippen LogP contribution in [0, 0.1) is 5.82 Å². The molecule has 2 rings (SSSR count). The van der Waals surface area contributed by atoms with Crippen molar-refractivity contribution >= 4 is 34.6 Å². The maximum Gasteiger partial charge on any atom is 0.419 e. The normalized spacial score (nSPS) is 11.7. The third-order valence-corrected chi connectivity index (χ3v) is 3.01. The van der Waals surface area contributed by atoms with Crippen molar-refractivity contribution in [1.29, 1.82) is 0 Å². The summed E-state index contributed by atoms with van der Waals surface area (Å²) in [4.78, 5) is 23.5. The molecule has 1 aromatic carbocycles. The van der Waals surface area contributed by atoms with E-state index in [1.807, 2.05) is 0 Å². The van der Waals surface area contributed by atoms with Gasteiger partial charge < -0.3 is 9.84 Å². The second kappa shape index (κ2) is 5.04. The van der Waals surface area contributed by atoms with Gasteiger partial charge in [-0.1, -0.05) is 11.6 Å². The van der Waals surface area contributed by atoms with Crippen molar-refractivity contribution in [2.45, 2.75) is 26.4 Å². The lowest BCUT2D eigenvalue weighted by Gasteiger charge is -2.20. The van der Waals surface area contributed by atoms with Crippen molar-refractivity contribution in [1.82, 2.24) is 4.57 Å². The highest BCUT2D eigenvalue weighted by Gasteiger charge is 2.26. The number of halogens is 2. The van der Waals surface area contributed by atoms with E-state index in [9.17, 15) is 19.1 Å². The van der Waals surface area contributed by atoms with Gasteiger partial charge >= 0.3 is 12.1 Å². The molecule has 0 aliphatic carbocycles. The summed E-state index contributed by atoms with van der Waals surface area (Å²) in [6.07, 6.45) is -0.928. The molecule has 2 aromatic rings. The first-order valence-electron chi connectivity index (χ1n) is 6.08. The highest BCUT2D eigenvalue weighted by atomic mass is 35.5. The van der Waals surface area contributed by atoms with Crippen LogP contribution < -0.4 is 0 Å². The minimum Gasteiger partial charge on any atom is -0.477 e. The number of nitrogens with zero attached hydrogens (tertiary/aromatic N) is 1. The largest absolute Gasteiger partial charge is 0.477 e. The molecule has 1 N–H and O–H groups in total. The average Bonchev–Trinajstić information content (AvgIpc) is 2.72. The molecule has 0 spiro atoms. The minimum atomic E-state index is -1.34. The highest BCUT2D eigenvalue weighted by molar-refractivity contribution is 6.35. The smallest absolute Gasteiger partial charge is 0.419 e. The van der Waals surface area contributed by atoms with Gasteiger partial charge in [0, 0.05) is 5.39 Å². The Morgan fingerprint density at radius 3 is 2.48 bits per heavy atom. The summed E-state index contributed by atoms with van der Waals surface area (Å²) in [6, 6.07) is 3.70. The predicted octanol–water partition coefficient (Wildman–Crippen LogP) is 3.92. The monoisotopic (exact) mass is 313 g/mol. The van der Waals surface area contributed by atoms with Gasteiger partial charge in [0.15, 0.2) is 0 Å². The molecular weight excluding hydrogens is 301 g/mol. The molecule has 0 radical (unpaired) electrons. The summed E-state index contributed by atoms with van der Waals surface area (Å²) < 4.78 is 19.5. The van der Waals surface area contributed by atoms with Crippen LogP contribution in [-0.2, 0) is 4.74 Å². The van der Waals surface area contributed by atoms with Crippen LogP contribution in [0.25, 0.3) is 10.9 Å². The van der Waals surface area contributed by atoms with Crippen molar-refractivity contribution in [2.24, 2.45) is 0 Å². The molecule has 21 heavy (non-hydrogen) atoms. The third kappa shape index (κ3) is 2.85. The van der Waals surface area contributed by atoms with E-state index in [0.29, 0.717) is 5.39 Å². The van der Waals surface area contributed by atoms with E-state index < -0.39 is 23.5 Å². The van der Waals surface area contributed by atoms with E-state index in [-0.39, 0.29) is 16.2 Å². The number of carbonyl (C=O) groups excluding carboxylic acids is 1. The van der Waals surface area contributed by atoms with E-state index in [2.05, 4.69) is 0 Å². The number of hydrogen-bond donors (Lipinski definition) is 1. The zero-order valence-electron chi connectivity index (χ0n) is 11.6. The number of carboxylic acid groups (broad SMARTS) is 1. The fraction of sp³-hybridized carbons (Fsp3) is 0.286. The Kier molecular flexibility index (Phi) is 3.67. The van der Waals surface area contributed by atoms with Crippen LogP contribution in [0.3, 0.4) is 0 Å². The molecule has 0 saturated carbocycles. The third-order valence-electron chi connectivity index (χ3n) is 2.65. The van der Waals surface area contributed by atoms with E-state index >= 15 is 0 Å². The first-order chi connectivity index (χ1) is 9.61. The molecule has 0 amide bonds. The molecule has 1 aromatic heterocycles. The van der Waals surface area contributed by atoms with Gasteiger partial charge in [0.05, 0.1) is 5.52 Å². The van der Waals surface area contributed by atoms with Crippen molar-refractivity contribution in [3.8, 4) is 0 Å². The number of hydrogen-bond acceptors (Lipinski definition) is 3. The number of rotatable bonds is 1. The topological polar surface area (TPSA) is 68.5 Å². The summed E-state index contributed by atoms with van der Waals surface area (Å²) in [5.41, 5.74) is -1.20. The van der Waals surface area contributed by atoms with Gasteiger partial charge in [0.25, 0.3) is 0 Å². The maximum absolute atomic E-state index is 13.6.